The zero-order chi connectivity index (χ0) is 13.8. The Balaban J connectivity index is 2.18. The van der Waals surface area contributed by atoms with Crippen molar-refractivity contribution in [3.8, 4) is 6.07 Å². The van der Waals surface area contributed by atoms with Gasteiger partial charge in [-0.1, -0.05) is 0 Å². The van der Waals surface area contributed by atoms with Crippen molar-refractivity contribution in [2.75, 3.05) is 5.32 Å². The molecule has 0 saturated carbocycles. The summed E-state index contributed by atoms with van der Waals surface area (Å²) < 4.78 is 13.2. The number of rotatable bonds is 2. The Hall–Kier alpha value is -2.74. The van der Waals surface area contributed by atoms with Crippen LogP contribution in [0, 0.1) is 24.1 Å². The number of nitriles is 1. The van der Waals surface area contributed by atoms with Gasteiger partial charge in [-0.2, -0.15) is 5.26 Å². The van der Waals surface area contributed by atoms with Crippen molar-refractivity contribution in [1.29, 1.82) is 5.26 Å². The Bertz CT molecular complexity index is 639. The molecule has 0 aliphatic rings. The van der Waals surface area contributed by atoms with Crippen LogP contribution in [0.25, 0.3) is 0 Å². The van der Waals surface area contributed by atoms with Crippen LogP contribution >= 0.6 is 0 Å². The largest absolute Gasteiger partial charge is 0.307 e. The lowest BCUT2D eigenvalue weighted by Crippen LogP contribution is -2.13. The molecule has 0 spiro atoms. The number of hydrogen-bond donors (Lipinski definition) is 1. The highest BCUT2D eigenvalue weighted by molar-refractivity contribution is 6.03. The Morgan fingerprint density at radius 3 is 2.74 bits per heavy atom. The highest BCUT2D eigenvalue weighted by Crippen LogP contribution is 2.11. The molecule has 5 heteroatoms. The topological polar surface area (TPSA) is 65.8 Å². The number of benzene rings is 1. The van der Waals surface area contributed by atoms with E-state index in [0.717, 1.165) is 6.07 Å². The van der Waals surface area contributed by atoms with Crippen LogP contribution in [0.3, 0.4) is 0 Å². The maximum Gasteiger partial charge on any atom is 0.256 e. The van der Waals surface area contributed by atoms with E-state index >= 15 is 0 Å². The van der Waals surface area contributed by atoms with Crippen molar-refractivity contribution in [2.24, 2.45) is 0 Å². The number of pyridine rings is 1. The molecule has 1 amide bonds. The molecule has 2 rings (SSSR count). The predicted octanol–water partition coefficient (Wildman–Crippen LogP) is 2.65. The van der Waals surface area contributed by atoms with Gasteiger partial charge in [0, 0.05) is 11.8 Å². The van der Waals surface area contributed by atoms with Crippen molar-refractivity contribution in [3.63, 3.8) is 0 Å². The number of aromatic nitrogens is 1. The van der Waals surface area contributed by atoms with Crippen molar-refractivity contribution in [1.82, 2.24) is 4.98 Å². The van der Waals surface area contributed by atoms with Crippen LogP contribution in [0.5, 0.6) is 0 Å². The molecule has 1 aromatic carbocycles. The molecule has 0 fully saturated rings. The summed E-state index contributed by atoms with van der Waals surface area (Å²) in [6.07, 6.45) is 1.35. The molecule has 0 aliphatic carbocycles. The van der Waals surface area contributed by atoms with Crippen LogP contribution in [0.2, 0.25) is 0 Å². The minimum absolute atomic E-state index is 0.226. The van der Waals surface area contributed by atoms with Crippen LogP contribution in [0.4, 0.5) is 10.2 Å². The van der Waals surface area contributed by atoms with Crippen molar-refractivity contribution in [3.05, 3.63) is 59.0 Å². The highest BCUT2D eigenvalue weighted by atomic mass is 19.1. The molecule has 0 saturated heterocycles. The summed E-state index contributed by atoms with van der Waals surface area (Å²) >= 11 is 0. The van der Waals surface area contributed by atoms with Gasteiger partial charge in [0.1, 0.15) is 17.7 Å². The third-order valence-electron chi connectivity index (χ3n) is 2.44. The summed E-state index contributed by atoms with van der Waals surface area (Å²) in [7, 11) is 0. The summed E-state index contributed by atoms with van der Waals surface area (Å²) in [6.45, 7) is 1.71. The van der Waals surface area contributed by atoms with E-state index in [4.69, 9.17) is 5.26 Å². The smallest absolute Gasteiger partial charge is 0.256 e. The molecule has 1 heterocycles. The monoisotopic (exact) mass is 255 g/mol. The minimum Gasteiger partial charge on any atom is -0.307 e. The fraction of sp³-hybridized carbons (Fsp3) is 0.0714. The number of nitrogens with one attached hydrogen (secondary N) is 1. The van der Waals surface area contributed by atoms with E-state index in [9.17, 15) is 9.18 Å². The molecule has 0 bridgehead atoms. The molecule has 19 heavy (non-hydrogen) atoms. The molecule has 1 N–H and O–H groups in total. The first-order valence-electron chi connectivity index (χ1n) is 5.53. The number of halogens is 1. The van der Waals surface area contributed by atoms with E-state index in [1.165, 1.54) is 18.3 Å². The predicted molar refractivity (Wildman–Crippen MR) is 68.0 cm³/mol. The van der Waals surface area contributed by atoms with Crippen LogP contribution in [-0.4, -0.2) is 10.9 Å². The molecule has 1 aromatic heterocycles. The van der Waals surface area contributed by atoms with Gasteiger partial charge < -0.3 is 5.32 Å². The van der Waals surface area contributed by atoms with Gasteiger partial charge >= 0.3 is 0 Å². The van der Waals surface area contributed by atoms with Gasteiger partial charge in [-0.05, 0) is 42.8 Å². The van der Waals surface area contributed by atoms with E-state index in [-0.39, 0.29) is 5.56 Å². The summed E-state index contributed by atoms with van der Waals surface area (Å²) in [6, 6.07) is 9.07. The molecule has 0 aliphatic heterocycles. The van der Waals surface area contributed by atoms with Crippen LogP contribution in [0.15, 0.2) is 36.5 Å². The number of aryl methyl sites for hydroxylation is 1. The Morgan fingerprint density at radius 2 is 2.16 bits per heavy atom. The third-order valence-corrected chi connectivity index (χ3v) is 2.44. The molecule has 0 unspecified atom stereocenters. The van der Waals surface area contributed by atoms with Gasteiger partial charge in [0.25, 0.3) is 5.91 Å². The number of carbonyl (C=O) groups excluding carboxylic acids is 1. The number of nitrogens with zero attached hydrogens (tertiary/aromatic N) is 2. The SMILES string of the molecule is Cc1cc(F)cc(C(=O)Nc2ccc(C#N)cn2)c1. The second kappa shape index (κ2) is 5.27. The standard InChI is InChI=1S/C14H10FN3O/c1-9-4-11(6-12(15)5-9)14(19)18-13-3-2-10(7-16)8-17-13/h2-6,8H,1H3,(H,17,18,19). The van der Waals surface area contributed by atoms with Gasteiger partial charge in [0.2, 0.25) is 0 Å². The second-order valence-corrected chi connectivity index (χ2v) is 4.02. The quantitative estimate of drug-likeness (QED) is 0.897. The zero-order valence-corrected chi connectivity index (χ0v) is 10.1. The number of anilines is 1. The van der Waals surface area contributed by atoms with E-state index < -0.39 is 11.7 Å². The van der Waals surface area contributed by atoms with Crippen LogP contribution < -0.4 is 5.32 Å². The molecular formula is C14H10FN3O. The Kier molecular flexibility index (Phi) is 3.53. The number of amides is 1. The van der Waals surface area contributed by atoms with E-state index in [1.807, 2.05) is 6.07 Å². The third kappa shape index (κ3) is 3.13. The fourth-order valence-corrected chi connectivity index (χ4v) is 1.59. The normalized spacial score (nSPS) is 9.74. The molecule has 94 valence electrons. The van der Waals surface area contributed by atoms with Gasteiger partial charge in [-0.3, -0.25) is 4.79 Å². The maximum atomic E-state index is 13.2. The first-order valence-corrected chi connectivity index (χ1v) is 5.53. The van der Waals surface area contributed by atoms with Gasteiger partial charge in [0.05, 0.1) is 5.56 Å². The second-order valence-electron chi connectivity index (χ2n) is 4.02. The summed E-state index contributed by atoms with van der Waals surface area (Å²) in [5, 5.41) is 11.2. The van der Waals surface area contributed by atoms with Gasteiger partial charge in [-0.15, -0.1) is 0 Å². The average molecular weight is 255 g/mol. The van der Waals surface area contributed by atoms with E-state index in [1.54, 1.807) is 19.1 Å². The molecular weight excluding hydrogens is 245 g/mol. The molecule has 0 radical (unpaired) electrons. The van der Waals surface area contributed by atoms with Crippen molar-refractivity contribution in [2.45, 2.75) is 6.92 Å². The molecule has 0 atom stereocenters. The Labute approximate surface area is 109 Å². The van der Waals surface area contributed by atoms with E-state index in [2.05, 4.69) is 10.3 Å². The molecule has 4 nitrogen and oxygen atoms in total. The highest BCUT2D eigenvalue weighted by Gasteiger charge is 2.08. The fourth-order valence-electron chi connectivity index (χ4n) is 1.59. The molecule has 2 aromatic rings. The van der Waals surface area contributed by atoms with E-state index in [0.29, 0.717) is 16.9 Å². The van der Waals surface area contributed by atoms with Crippen LogP contribution in [-0.2, 0) is 0 Å². The zero-order valence-electron chi connectivity index (χ0n) is 10.1. The summed E-state index contributed by atoms with van der Waals surface area (Å²) in [5.41, 5.74) is 1.29. The van der Waals surface area contributed by atoms with Gasteiger partial charge in [0.15, 0.2) is 0 Å². The lowest BCUT2D eigenvalue weighted by Gasteiger charge is -2.05. The first-order chi connectivity index (χ1) is 9.08. The van der Waals surface area contributed by atoms with Crippen molar-refractivity contribution < 1.29 is 9.18 Å². The maximum absolute atomic E-state index is 13.2. The van der Waals surface area contributed by atoms with Crippen LogP contribution in [0.1, 0.15) is 21.5 Å². The first kappa shape index (κ1) is 12.7. The average Bonchev–Trinajstić information content (AvgIpc) is 2.38. The lowest BCUT2D eigenvalue weighted by molar-refractivity contribution is 0.102. The Morgan fingerprint density at radius 1 is 1.37 bits per heavy atom. The van der Waals surface area contributed by atoms with Gasteiger partial charge in [-0.25, -0.2) is 9.37 Å². The summed E-state index contributed by atoms with van der Waals surface area (Å²) in [5.74, 6) is -0.594. The minimum atomic E-state index is -0.460. The summed E-state index contributed by atoms with van der Waals surface area (Å²) in [4.78, 5) is 15.8. The van der Waals surface area contributed by atoms with Crippen molar-refractivity contribution >= 4 is 11.7 Å². The number of carbonyl (C=O) groups is 1. The number of hydrogen-bond acceptors (Lipinski definition) is 3. The lowest BCUT2D eigenvalue weighted by atomic mass is 10.1.